The molecule has 0 aliphatic heterocycles. The lowest BCUT2D eigenvalue weighted by Crippen LogP contribution is -2.12. The Morgan fingerprint density at radius 3 is 0.982 bits per heavy atom. The van der Waals surface area contributed by atoms with Crippen molar-refractivity contribution in [2.45, 2.75) is 76.0 Å². The van der Waals surface area contributed by atoms with Gasteiger partial charge in [-0.15, -0.1) is 0 Å². The molecule has 2 heteroatoms. The van der Waals surface area contributed by atoms with Crippen LogP contribution in [-0.4, -0.2) is 0 Å². The molecule has 2 nitrogen and oxygen atoms in total. The molecule has 2 aliphatic carbocycles. The number of fused-ring (bicyclic) bond motifs is 5. The maximum absolute atomic E-state index is 2.47. The lowest BCUT2D eigenvalue weighted by molar-refractivity contribution is 0.443. The predicted octanol–water partition coefficient (Wildman–Crippen LogP) is 16.2. The van der Waals surface area contributed by atoms with Crippen molar-refractivity contribution >= 4 is 66.4 Å². The van der Waals surface area contributed by atoms with Gasteiger partial charge >= 0.3 is 0 Å². The molecular weight excluding hydrogens is 677 g/mol. The number of nitrogens with zero attached hydrogens (tertiary/aromatic N) is 2. The van der Waals surface area contributed by atoms with E-state index >= 15 is 0 Å². The van der Waals surface area contributed by atoms with Crippen LogP contribution in [0.1, 0.15) is 87.2 Å². The first-order valence-electron chi connectivity index (χ1n) is 21.1. The van der Waals surface area contributed by atoms with Gasteiger partial charge in [-0.05, 0) is 131 Å². The summed E-state index contributed by atoms with van der Waals surface area (Å²) < 4.78 is 0. The quantitative estimate of drug-likeness (QED) is 0.144. The van der Waals surface area contributed by atoms with Gasteiger partial charge in [0.1, 0.15) is 0 Å². The molecule has 0 N–H and O–H groups in total. The molecule has 8 aromatic carbocycles. The van der Waals surface area contributed by atoms with Crippen molar-refractivity contribution in [1.29, 1.82) is 0 Å². The minimum absolute atomic E-state index is 0.676. The second-order valence-corrected chi connectivity index (χ2v) is 16.2. The van der Waals surface area contributed by atoms with Crippen molar-refractivity contribution < 1.29 is 0 Å². The molecule has 276 valence electrons. The van der Waals surface area contributed by atoms with Gasteiger partial charge in [-0.2, -0.15) is 0 Å². The molecule has 2 aliphatic rings. The number of anilines is 6. The first-order chi connectivity index (χ1) is 27.8. The van der Waals surface area contributed by atoms with Crippen molar-refractivity contribution in [2.24, 2.45) is 0 Å². The Morgan fingerprint density at radius 2 is 0.607 bits per heavy atom. The van der Waals surface area contributed by atoms with Gasteiger partial charge in [0.25, 0.3) is 0 Å². The third-order valence-electron chi connectivity index (χ3n) is 12.8. The molecule has 0 saturated heterocycles. The highest BCUT2D eigenvalue weighted by molar-refractivity contribution is 6.24. The number of hydrogen-bond donors (Lipinski definition) is 0. The molecule has 0 amide bonds. The Labute approximate surface area is 332 Å². The molecule has 2 fully saturated rings. The summed E-state index contributed by atoms with van der Waals surface area (Å²) in [4.78, 5) is 4.94. The van der Waals surface area contributed by atoms with Crippen molar-refractivity contribution in [3.63, 3.8) is 0 Å². The molecule has 0 radical (unpaired) electrons. The van der Waals surface area contributed by atoms with E-state index < -0.39 is 0 Å². The maximum Gasteiger partial charge on any atom is 0.0546 e. The maximum atomic E-state index is 2.47. The fourth-order valence-corrected chi connectivity index (χ4v) is 9.95. The zero-order valence-corrected chi connectivity index (χ0v) is 32.3. The number of rotatable bonds is 8. The average molecular weight is 727 g/mol. The van der Waals surface area contributed by atoms with E-state index in [2.05, 4.69) is 180 Å². The van der Waals surface area contributed by atoms with E-state index in [1.807, 2.05) is 0 Å². The molecule has 0 spiro atoms. The summed E-state index contributed by atoms with van der Waals surface area (Å²) in [5.74, 6) is 1.35. The van der Waals surface area contributed by atoms with Gasteiger partial charge in [0.05, 0.1) is 11.4 Å². The van der Waals surface area contributed by atoms with Gasteiger partial charge < -0.3 is 9.80 Å². The Kier molecular flexibility index (Phi) is 9.49. The summed E-state index contributed by atoms with van der Waals surface area (Å²) in [6, 6.07) is 63.8. The molecule has 0 heterocycles. The van der Waals surface area contributed by atoms with Crippen LogP contribution in [0.2, 0.25) is 0 Å². The Balaban J connectivity index is 1.17. The summed E-state index contributed by atoms with van der Waals surface area (Å²) >= 11 is 0. The summed E-state index contributed by atoms with van der Waals surface area (Å²) in [5.41, 5.74) is 10.1. The van der Waals surface area contributed by atoms with Gasteiger partial charge in [0.15, 0.2) is 0 Å². The van der Waals surface area contributed by atoms with E-state index in [0.717, 1.165) is 11.4 Å². The highest BCUT2D eigenvalue weighted by Gasteiger charge is 2.23. The van der Waals surface area contributed by atoms with Crippen molar-refractivity contribution in [3.05, 3.63) is 181 Å². The van der Waals surface area contributed by atoms with Crippen LogP contribution in [0.25, 0.3) is 32.3 Å². The fraction of sp³-hybridized carbons (Fsp3) is 0.222. The summed E-state index contributed by atoms with van der Waals surface area (Å²) in [5, 5.41) is 7.52. The van der Waals surface area contributed by atoms with Gasteiger partial charge in [-0.25, -0.2) is 0 Å². The molecule has 56 heavy (non-hydrogen) atoms. The Morgan fingerprint density at radius 1 is 0.286 bits per heavy atom. The minimum Gasteiger partial charge on any atom is -0.310 e. The van der Waals surface area contributed by atoms with E-state index in [1.165, 1.54) is 130 Å². The van der Waals surface area contributed by atoms with Crippen LogP contribution in [0, 0.1) is 0 Å². The molecule has 0 atom stereocenters. The Hall–Kier alpha value is -5.86. The summed E-state index contributed by atoms with van der Waals surface area (Å²) in [6.07, 6.45) is 13.3. The van der Waals surface area contributed by atoms with Crippen molar-refractivity contribution in [3.8, 4) is 0 Å². The summed E-state index contributed by atoms with van der Waals surface area (Å²) in [6.45, 7) is 0. The van der Waals surface area contributed by atoms with Crippen LogP contribution in [0.4, 0.5) is 34.1 Å². The minimum atomic E-state index is 0.676. The lowest BCUT2D eigenvalue weighted by Gasteiger charge is -2.30. The van der Waals surface area contributed by atoms with E-state index in [9.17, 15) is 0 Å². The van der Waals surface area contributed by atoms with E-state index in [4.69, 9.17) is 0 Å². The normalized spacial score (nSPS) is 15.4. The van der Waals surface area contributed by atoms with Crippen molar-refractivity contribution in [2.75, 3.05) is 9.80 Å². The third kappa shape index (κ3) is 6.52. The lowest BCUT2D eigenvalue weighted by atomic mass is 9.84. The first kappa shape index (κ1) is 34.6. The summed E-state index contributed by atoms with van der Waals surface area (Å²) in [7, 11) is 0. The van der Waals surface area contributed by atoms with E-state index in [0.29, 0.717) is 11.8 Å². The zero-order valence-electron chi connectivity index (χ0n) is 32.3. The average Bonchev–Trinajstić information content (AvgIpc) is 3.28. The molecule has 0 unspecified atom stereocenters. The second kappa shape index (κ2) is 15.3. The smallest absolute Gasteiger partial charge is 0.0546 e. The van der Waals surface area contributed by atoms with Gasteiger partial charge in [0, 0.05) is 33.5 Å². The van der Waals surface area contributed by atoms with Crippen molar-refractivity contribution in [1.82, 2.24) is 0 Å². The zero-order chi connectivity index (χ0) is 37.3. The molecule has 0 aromatic heterocycles. The molecule has 0 bridgehead atoms. The van der Waals surface area contributed by atoms with E-state index in [-0.39, 0.29) is 0 Å². The van der Waals surface area contributed by atoms with E-state index in [1.54, 1.807) is 0 Å². The molecule has 10 rings (SSSR count). The van der Waals surface area contributed by atoms with Crippen LogP contribution in [0.3, 0.4) is 0 Å². The number of hydrogen-bond acceptors (Lipinski definition) is 2. The van der Waals surface area contributed by atoms with Crippen LogP contribution in [0.15, 0.2) is 170 Å². The number of para-hydroxylation sites is 2. The topological polar surface area (TPSA) is 6.48 Å². The third-order valence-corrected chi connectivity index (χ3v) is 12.8. The highest BCUT2D eigenvalue weighted by atomic mass is 15.1. The largest absolute Gasteiger partial charge is 0.310 e. The fourth-order valence-electron chi connectivity index (χ4n) is 9.95. The predicted molar refractivity (Wildman–Crippen MR) is 240 cm³/mol. The molecule has 8 aromatic rings. The molecular formula is C54H50N2. The van der Waals surface area contributed by atoms with Crippen LogP contribution in [-0.2, 0) is 0 Å². The SMILES string of the molecule is c1ccc(N(c2ccc(C3CCCCC3)cc2)c2cc3c4ccccc4c(N(c4ccccc4)c4ccc(C5CCCCC5)cc4)cc3c3ccccc23)cc1. The van der Waals surface area contributed by atoms with Crippen LogP contribution < -0.4 is 9.80 Å². The van der Waals surface area contributed by atoms with Gasteiger partial charge in [-0.1, -0.05) is 148 Å². The highest BCUT2D eigenvalue weighted by Crippen LogP contribution is 2.48. The standard InChI is InChI=1S/C54H50N2/c1-5-17-39(18-6-1)41-29-33-45(34-30-41)55(43-21-9-3-10-22-43)53-37-51-48-26-14-16-28-50(48)54(38-52(51)47-25-13-15-27-49(47)53)56(44-23-11-4-12-24-44)46-35-31-42(32-36-46)40-19-7-2-8-20-40/h3-4,9-16,21-40H,1-2,5-8,17-20H2. The Bertz CT molecular complexity index is 2400. The van der Waals surface area contributed by atoms with Gasteiger partial charge in [0.2, 0.25) is 0 Å². The monoisotopic (exact) mass is 726 g/mol. The first-order valence-corrected chi connectivity index (χ1v) is 21.1. The second-order valence-electron chi connectivity index (χ2n) is 16.2. The van der Waals surface area contributed by atoms with Crippen LogP contribution >= 0.6 is 0 Å². The van der Waals surface area contributed by atoms with Crippen LogP contribution in [0.5, 0.6) is 0 Å². The molecule has 2 saturated carbocycles. The number of benzene rings is 8. The van der Waals surface area contributed by atoms with Gasteiger partial charge in [-0.3, -0.25) is 0 Å².